The second-order valence-electron chi connectivity index (χ2n) is 4.57. The van der Waals surface area contributed by atoms with Crippen LogP contribution in [0.1, 0.15) is 33.1 Å². The van der Waals surface area contributed by atoms with Gasteiger partial charge in [0.05, 0.1) is 0 Å². The summed E-state index contributed by atoms with van der Waals surface area (Å²) in [6.07, 6.45) is 2.35. The van der Waals surface area contributed by atoms with Crippen LogP contribution in [0.15, 0.2) is 0 Å². The maximum Gasteiger partial charge on any atom is 0.222 e. The van der Waals surface area contributed by atoms with Crippen molar-refractivity contribution in [1.29, 1.82) is 0 Å². The topological polar surface area (TPSA) is 55.6 Å². The average molecular weight is 228 g/mol. The first-order chi connectivity index (χ1) is 7.65. The summed E-state index contributed by atoms with van der Waals surface area (Å²) < 4.78 is 5.22. The van der Waals surface area contributed by atoms with E-state index in [1.54, 1.807) is 0 Å². The first kappa shape index (κ1) is 13.5. The fourth-order valence-electron chi connectivity index (χ4n) is 2.02. The molecule has 1 heterocycles. The number of carbonyl (C=O) groups is 1. The number of carbonyl (C=O) groups excluding carboxylic acids is 1. The predicted octanol–water partition coefficient (Wildman–Crippen LogP) is 0.999. The Morgan fingerprint density at radius 2 is 2.31 bits per heavy atom. The fourth-order valence-corrected chi connectivity index (χ4v) is 2.02. The Morgan fingerprint density at radius 1 is 1.56 bits per heavy atom. The maximum atomic E-state index is 11.8. The van der Waals surface area contributed by atoms with Crippen LogP contribution in [0, 0.1) is 5.92 Å². The van der Waals surface area contributed by atoms with Gasteiger partial charge >= 0.3 is 0 Å². The van der Waals surface area contributed by atoms with Gasteiger partial charge in [0.15, 0.2) is 0 Å². The van der Waals surface area contributed by atoms with E-state index in [-0.39, 0.29) is 11.9 Å². The molecule has 1 aliphatic rings. The van der Waals surface area contributed by atoms with Gasteiger partial charge in [-0.3, -0.25) is 4.79 Å². The monoisotopic (exact) mass is 228 g/mol. The molecule has 0 aromatic heterocycles. The number of amides is 1. The lowest BCUT2D eigenvalue weighted by atomic mass is 9.94. The van der Waals surface area contributed by atoms with Crippen LogP contribution >= 0.6 is 0 Å². The molecule has 2 atom stereocenters. The maximum absolute atomic E-state index is 11.8. The molecule has 94 valence electrons. The molecule has 0 aliphatic carbocycles. The summed E-state index contributed by atoms with van der Waals surface area (Å²) in [6, 6.07) is 0.257. The van der Waals surface area contributed by atoms with Crippen molar-refractivity contribution in [3.8, 4) is 0 Å². The Balaban J connectivity index is 2.21. The second-order valence-corrected chi connectivity index (χ2v) is 4.57. The van der Waals surface area contributed by atoms with Gasteiger partial charge in [-0.1, -0.05) is 6.92 Å². The minimum Gasteiger partial charge on any atom is -0.382 e. The number of nitrogens with zero attached hydrogens (tertiary/aromatic N) is 1. The molecule has 2 unspecified atom stereocenters. The van der Waals surface area contributed by atoms with Crippen LogP contribution in [0.25, 0.3) is 0 Å². The van der Waals surface area contributed by atoms with E-state index in [2.05, 4.69) is 6.92 Å². The summed E-state index contributed by atoms with van der Waals surface area (Å²) >= 11 is 0. The highest BCUT2D eigenvalue weighted by Gasteiger charge is 2.25. The third-order valence-corrected chi connectivity index (χ3v) is 3.21. The third-order valence-electron chi connectivity index (χ3n) is 3.21. The van der Waals surface area contributed by atoms with Crippen molar-refractivity contribution in [3.63, 3.8) is 0 Å². The van der Waals surface area contributed by atoms with Gasteiger partial charge in [-0.2, -0.15) is 0 Å². The van der Waals surface area contributed by atoms with E-state index in [4.69, 9.17) is 10.5 Å². The molecular formula is C12H24N2O2. The standard InChI is InChI=1S/C12H24N2O2/c1-3-16-8-4-5-12(15)14-7-6-11(13)10(2)9-14/h10-11H,3-9,13H2,1-2H3. The Morgan fingerprint density at radius 3 is 2.94 bits per heavy atom. The van der Waals surface area contributed by atoms with Gasteiger partial charge in [0.25, 0.3) is 0 Å². The molecule has 0 aromatic carbocycles. The molecule has 1 rings (SSSR count). The molecule has 1 saturated heterocycles. The van der Waals surface area contributed by atoms with Crippen molar-refractivity contribution in [2.45, 2.75) is 39.2 Å². The van der Waals surface area contributed by atoms with Crippen LogP contribution in [0.2, 0.25) is 0 Å². The van der Waals surface area contributed by atoms with E-state index < -0.39 is 0 Å². The van der Waals surface area contributed by atoms with Crippen molar-refractivity contribution in [3.05, 3.63) is 0 Å². The zero-order valence-corrected chi connectivity index (χ0v) is 10.4. The van der Waals surface area contributed by atoms with Gasteiger partial charge in [0.1, 0.15) is 0 Å². The number of likely N-dealkylation sites (tertiary alicyclic amines) is 1. The quantitative estimate of drug-likeness (QED) is 0.714. The van der Waals surface area contributed by atoms with Gasteiger partial charge in [0.2, 0.25) is 5.91 Å². The smallest absolute Gasteiger partial charge is 0.222 e. The zero-order valence-electron chi connectivity index (χ0n) is 10.4. The highest BCUT2D eigenvalue weighted by atomic mass is 16.5. The molecule has 0 aromatic rings. The van der Waals surface area contributed by atoms with Gasteiger partial charge in [0, 0.05) is 38.8 Å². The van der Waals surface area contributed by atoms with E-state index in [1.807, 2.05) is 11.8 Å². The third kappa shape index (κ3) is 4.10. The molecular weight excluding hydrogens is 204 g/mol. The van der Waals surface area contributed by atoms with Crippen LogP contribution < -0.4 is 5.73 Å². The van der Waals surface area contributed by atoms with Crippen molar-refractivity contribution >= 4 is 5.91 Å². The molecule has 0 bridgehead atoms. The Bertz CT molecular complexity index is 221. The lowest BCUT2D eigenvalue weighted by Crippen LogP contribution is -2.48. The Hall–Kier alpha value is -0.610. The average Bonchev–Trinajstić information content (AvgIpc) is 2.28. The molecule has 1 fully saturated rings. The normalized spacial score (nSPS) is 25.8. The largest absolute Gasteiger partial charge is 0.382 e. The summed E-state index contributed by atoms with van der Waals surface area (Å²) in [5.74, 6) is 0.669. The summed E-state index contributed by atoms with van der Waals surface area (Å²) in [5.41, 5.74) is 5.92. The van der Waals surface area contributed by atoms with E-state index in [1.165, 1.54) is 0 Å². The summed E-state index contributed by atoms with van der Waals surface area (Å²) in [5, 5.41) is 0. The zero-order chi connectivity index (χ0) is 12.0. The lowest BCUT2D eigenvalue weighted by Gasteiger charge is -2.35. The first-order valence-corrected chi connectivity index (χ1v) is 6.26. The minimum atomic E-state index is 0.249. The van der Waals surface area contributed by atoms with Crippen LogP contribution in [0.5, 0.6) is 0 Å². The van der Waals surface area contributed by atoms with Crippen LogP contribution in [-0.2, 0) is 9.53 Å². The molecule has 0 radical (unpaired) electrons. The molecule has 0 spiro atoms. The second kappa shape index (κ2) is 6.86. The predicted molar refractivity (Wildman–Crippen MR) is 64.1 cm³/mol. The van der Waals surface area contributed by atoms with Crippen LogP contribution in [0.3, 0.4) is 0 Å². The number of nitrogens with two attached hydrogens (primary N) is 1. The van der Waals surface area contributed by atoms with Crippen LogP contribution in [0.4, 0.5) is 0 Å². The lowest BCUT2D eigenvalue weighted by molar-refractivity contribution is -0.133. The van der Waals surface area contributed by atoms with E-state index >= 15 is 0 Å². The van der Waals surface area contributed by atoms with Crippen molar-refractivity contribution < 1.29 is 9.53 Å². The Labute approximate surface area is 98.1 Å². The van der Waals surface area contributed by atoms with Gasteiger partial charge in [-0.25, -0.2) is 0 Å². The van der Waals surface area contributed by atoms with Crippen molar-refractivity contribution in [2.75, 3.05) is 26.3 Å². The molecule has 2 N–H and O–H groups in total. The first-order valence-electron chi connectivity index (χ1n) is 6.26. The van der Waals surface area contributed by atoms with Crippen molar-refractivity contribution in [1.82, 2.24) is 4.90 Å². The highest BCUT2D eigenvalue weighted by molar-refractivity contribution is 5.76. The van der Waals surface area contributed by atoms with Crippen molar-refractivity contribution in [2.24, 2.45) is 11.7 Å². The summed E-state index contributed by atoms with van der Waals surface area (Å²) in [7, 11) is 0. The number of hydrogen-bond donors (Lipinski definition) is 1. The minimum absolute atomic E-state index is 0.249. The summed E-state index contributed by atoms with van der Waals surface area (Å²) in [6.45, 7) is 7.13. The number of hydrogen-bond acceptors (Lipinski definition) is 3. The molecule has 4 heteroatoms. The molecule has 1 amide bonds. The Kier molecular flexibility index (Phi) is 5.77. The van der Waals surface area contributed by atoms with Gasteiger partial charge in [-0.05, 0) is 25.7 Å². The van der Waals surface area contributed by atoms with E-state index in [0.717, 1.165) is 32.5 Å². The van der Waals surface area contributed by atoms with Gasteiger partial charge < -0.3 is 15.4 Å². The molecule has 0 saturated carbocycles. The SMILES string of the molecule is CCOCCCC(=O)N1CCC(N)C(C)C1. The number of piperidine rings is 1. The van der Waals surface area contributed by atoms with Gasteiger partial charge in [-0.15, -0.1) is 0 Å². The highest BCUT2D eigenvalue weighted by Crippen LogP contribution is 2.15. The van der Waals surface area contributed by atoms with Crippen LogP contribution in [-0.4, -0.2) is 43.2 Å². The molecule has 1 aliphatic heterocycles. The number of ether oxygens (including phenoxy) is 1. The summed E-state index contributed by atoms with van der Waals surface area (Å²) in [4.78, 5) is 13.8. The molecule has 4 nitrogen and oxygen atoms in total. The fraction of sp³-hybridized carbons (Fsp3) is 0.917. The molecule has 16 heavy (non-hydrogen) atoms. The van der Waals surface area contributed by atoms with E-state index in [9.17, 15) is 4.79 Å². The van der Waals surface area contributed by atoms with E-state index in [0.29, 0.717) is 18.9 Å². The number of rotatable bonds is 5.